The average Bonchev–Trinajstić information content (AvgIpc) is 2.41. The Morgan fingerprint density at radius 1 is 1.06 bits per heavy atom. The van der Waals surface area contributed by atoms with E-state index in [9.17, 15) is 0 Å². The number of aromatic nitrogens is 1. The molecule has 0 aliphatic carbocycles. The second kappa shape index (κ2) is 5.80. The Balaban J connectivity index is 1.93. The first-order valence-electron chi connectivity index (χ1n) is 5.61. The fraction of sp³-hybridized carbons (Fsp3) is 0.143. The minimum atomic E-state index is 0.585. The smallest absolute Gasteiger partial charge is 0.125 e. The fourth-order valence-corrected chi connectivity index (χ4v) is 1.54. The number of rotatable bonds is 4. The van der Waals surface area contributed by atoms with Crippen molar-refractivity contribution in [2.24, 2.45) is 10.7 Å². The van der Waals surface area contributed by atoms with Crippen LogP contribution < -0.4 is 5.73 Å². The summed E-state index contributed by atoms with van der Waals surface area (Å²) in [5.41, 5.74) is 7.89. The highest BCUT2D eigenvalue weighted by Crippen LogP contribution is 1.99. The van der Waals surface area contributed by atoms with Crippen LogP contribution in [0.25, 0.3) is 0 Å². The summed E-state index contributed by atoms with van der Waals surface area (Å²) in [6.07, 6.45) is 2.61. The van der Waals surface area contributed by atoms with Gasteiger partial charge in [0.05, 0.1) is 0 Å². The van der Waals surface area contributed by atoms with Crippen molar-refractivity contribution in [2.45, 2.75) is 6.42 Å². The molecule has 0 saturated heterocycles. The maximum Gasteiger partial charge on any atom is 0.125 e. The summed E-state index contributed by atoms with van der Waals surface area (Å²) in [4.78, 5) is 8.58. The second-order valence-corrected chi connectivity index (χ2v) is 3.70. The summed E-state index contributed by atoms with van der Waals surface area (Å²) in [6.45, 7) is 0.664. The van der Waals surface area contributed by atoms with Gasteiger partial charge in [0.1, 0.15) is 5.84 Å². The molecule has 2 aromatic rings. The van der Waals surface area contributed by atoms with Crippen molar-refractivity contribution >= 4 is 5.84 Å². The molecular formula is C14H15N3. The van der Waals surface area contributed by atoms with E-state index < -0.39 is 0 Å². The second-order valence-electron chi connectivity index (χ2n) is 3.70. The summed E-state index contributed by atoms with van der Waals surface area (Å²) in [6, 6.07) is 15.7. The van der Waals surface area contributed by atoms with E-state index in [0.717, 1.165) is 17.7 Å². The molecule has 0 amide bonds. The van der Waals surface area contributed by atoms with Crippen molar-refractivity contribution in [3.63, 3.8) is 0 Å². The monoisotopic (exact) mass is 225 g/mol. The SMILES string of the molecule is NC(=NCCc1ccccn1)c1ccccc1. The zero-order valence-electron chi connectivity index (χ0n) is 9.58. The quantitative estimate of drug-likeness (QED) is 0.639. The molecule has 0 bridgehead atoms. The van der Waals surface area contributed by atoms with Crippen LogP contribution in [-0.2, 0) is 6.42 Å². The lowest BCUT2D eigenvalue weighted by Gasteiger charge is -2.00. The molecule has 0 unspecified atom stereocenters. The van der Waals surface area contributed by atoms with Crippen LogP contribution in [0.1, 0.15) is 11.3 Å². The van der Waals surface area contributed by atoms with Gasteiger partial charge in [0.25, 0.3) is 0 Å². The molecule has 2 N–H and O–H groups in total. The first kappa shape index (κ1) is 11.3. The predicted molar refractivity (Wildman–Crippen MR) is 70.0 cm³/mol. The fourth-order valence-electron chi connectivity index (χ4n) is 1.54. The first-order valence-corrected chi connectivity index (χ1v) is 5.61. The van der Waals surface area contributed by atoms with Gasteiger partial charge in [0, 0.05) is 30.4 Å². The van der Waals surface area contributed by atoms with Gasteiger partial charge in [0.15, 0.2) is 0 Å². The molecule has 0 aliphatic heterocycles. The number of hydrogen-bond donors (Lipinski definition) is 1. The molecule has 3 nitrogen and oxygen atoms in total. The molecule has 1 aromatic heterocycles. The highest BCUT2D eigenvalue weighted by molar-refractivity contribution is 5.97. The summed E-state index contributed by atoms with van der Waals surface area (Å²) in [5, 5.41) is 0. The topological polar surface area (TPSA) is 51.3 Å². The zero-order chi connectivity index (χ0) is 11.9. The van der Waals surface area contributed by atoms with Gasteiger partial charge in [-0.2, -0.15) is 0 Å². The third-order valence-corrected chi connectivity index (χ3v) is 2.45. The van der Waals surface area contributed by atoms with Gasteiger partial charge < -0.3 is 5.73 Å². The predicted octanol–water partition coefficient (Wildman–Crippen LogP) is 2.03. The molecule has 1 aromatic carbocycles. The lowest BCUT2D eigenvalue weighted by molar-refractivity contribution is 0.922. The van der Waals surface area contributed by atoms with Crippen LogP contribution in [0.2, 0.25) is 0 Å². The minimum absolute atomic E-state index is 0.585. The Morgan fingerprint density at radius 2 is 1.82 bits per heavy atom. The van der Waals surface area contributed by atoms with Crippen LogP contribution in [0.5, 0.6) is 0 Å². The Morgan fingerprint density at radius 3 is 2.53 bits per heavy atom. The van der Waals surface area contributed by atoms with Crippen LogP contribution in [0.3, 0.4) is 0 Å². The largest absolute Gasteiger partial charge is 0.384 e. The Labute approximate surface area is 101 Å². The maximum absolute atomic E-state index is 5.89. The summed E-state index contributed by atoms with van der Waals surface area (Å²) in [5.74, 6) is 0.585. The number of nitrogens with two attached hydrogens (primary N) is 1. The van der Waals surface area contributed by atoms with Crippen molar-refractivity contribution in [1.82, 2.24) is 4.98 Å². The van der Waals surface area contributed by atoms with Gasteiger partial charge in [-0.1, -0.05) is 36.4 Å². The molecule has 1 heterocycles. The van der Waals surface area contributed by atoms with Gasteiger partial charge in [-0.05, 0) is 12.1 Å². The molecule has 3 heteroatoms. The number of aliphatic imine (C=N–C) groups is 1. The average molecular weight is 225 g/mol. The van der Waals surface area contributed by atoms with E-state index >= 15 is 0 Å². The molecule has 0 fully saturated rings. The van der Waals surface area contributed by atoms with E-state index in [2.05, 4.69) is 9.98 Å². The van der Waals surface area contributed by atoms with Gasteiger partial charge in [0.2, 0.25) is 0 Å². The first-order chi connectivity index (χ1) is 8.36. The van der Waals surface area contributed by atoms with Crippen molar-refractivity contribution in [1.29, 1.82) is 0 Å². The van der Waals surface area contributed by atoms with Crippen molar-refractivity contribution in [3.05, 3.63) is 66.0 Å². The van der Waals surface area contributed by atoms with E-state index in [1.54, 1.807) is 6.20 Å². The van der Waals surface area contributed by atoms with E-state index in [-0.39, 0.29) is 0 Å². The van der Waals surface area contributed by atoms with Crippen molar-refractivity contribution in [2.75, 3.05) is 6.54 Å². The highest BCUT2D eigenvalue weighted by Gasteiger charge is 1.96. The van der Waals surface area contributed by atoms with Gasteiger partial charge >= 0.3 is 0 Å². The number of nitrogens with zero attached hydrogens (tertiary/aromatic N) is 2. The Bertz CT molecular complexity index is 477. The number of benzene rings is 1. The van der Waals surface area contributed by atoms with E-state index in [0.29, 0.717) is 12.4 Å². The zero-order valence-corrected chi connectivity index (χ0v) is 9.58. The number of hydrogen-bond acceptors (Lipinski definition) is 2. The molecule has 0 aliphatic rings. The number of amidine groups is 1. The van der Waals surface area contributed by atoms with Crippen LogP contribution in [0.4, 0.5) is 0 Å². The molecule has 0 atom stereocenters. The molecule has 0 spiro atoms. The van der Waals surface area contributed by atoms with E-state index in [4.69, 9.17) is 5.73 Å². The van der Waals surface area contributed by atoms with E-state index in [1.807, 2.05) is 48.5 Å². The highest BCUT2D eigenvalue weighted by atomic mass is 14.8. The Hall–Kier alpha value is -2.16. The number of pyridine rings is 1. The van der Waals surface area contributed by atoms with Gasteiger partial charge in [-0.25, -0.2) is 0 Å². The summed E-state index contributed by atoms with van der Waals surface area (Å²) >= 11 is 0. The normalized spacial score (nSPS) is 11.4. The van der Waals surface area contributed by atoms with Crippen LogP contribution in [-0.4, -0.2) is 17.4 Å². The van der Waals surface area contributed by atoms with Gasteiger partial charge in [-0.3, -0.25) is 9.98 Å². The van der Waals surface area contributed by atoms with Crippen LogP contribution >= 0.6 is 0 Å². The van der Waals surface area contributed by atoms with E-state index in [1.165, 1.54) is 0 Å². The standard InChI is InChI=1S/C14H15N3/c15-14(12-6-2-1-3-7-12)17-11-9-13-8-4-5-10-16-13/h1-8,10H,9,11H2,(H2,15,17). The summed E-state index contributed by atoms with van der Waals surface area (Å²) in [7, 11) is 0. The molecule has 2 rings (SSSR count). The van der Waals surface area contributed by atoms with Crippen LogP contribution in [0.15, 0.2) is 59.7 Å². The lowest BCUT2D eigenvalue weighted by Crippen LogP contribution is -2.14. The summed E-state index contributed by atoms with van der Waals surface area (Å²) < 4.78 is 0. The van der Waals surface area contributed by atoms with Gasteiger partial charge in [-0.15, -0.1) is 0 Å². The molecule has 0 radical (unpaired) electrons. The molecule has 17 heavy (non-hydrogen) atoms. The molecule has 0 saturated carbocycles. The maximum atomic E-state index is 5.89. The van der Waals surface area contributed by atoms with Crippen molar-refractivity contribution < 1.29 is 0 Å². The minimum Gasteiger partial charge on any atom is -0.384 e. The third kappa shape index (κ3) is 3.41. The van der Waals surface area contributed by atoms with Crippen LogP contribution in [0, 0.1) is 0 Å². The Kier molecular flexibility index (Phi) is 3.86. The lowest BCUT2D eigenvalue weighted by atomic mass is 10.2. The molecule has 86 valence electrons. The van der Waals surface area contributed by atoms with Crippen molar-refractivity contribution in [3.8, 4) is 0 Å². The third-order valence-electron chi connectivity index (χ3n) is 2.45. The molecular weight excluding hydrogens is 210 g/mol.